The van der Waals surface area contributed by atoms with Gasteiger partial charge in [0, 0.05) is 13.2 Å². The van der Waals surface area contributed by atoms with Crippen LogP contribution in [0.25, 0.3) is 0 Å². The van der Waals surface area contributed by atoms with E-state index in [1.807, 2.05) is 0 Å². The third-order valence-electron chi connectivity index (χ3n) is 1.52. The molecule has 0 bridgehead atoms. The van der Waals surface area contributed by atoms with Gasteiger partial charge in [0.05, 0.1) is 11.6 Å². The molecule has 0 aliphatic heterocycles. The molecule has 1 aromatic heterocycles. The first kappa shape index (κ1) is 11.7. The summed E-state index contributed by atoms with van der Waals surface area (Å²) in [4.78, 5) is 13.5. The molecule has 0 saturated carbocycles. The number of pyridine rings is 1. The Bertz CT molecular complexity index is 358. The molecule has 0 amide bonds. The molecule has 0 N–H and O–H groups in total. The van der Waals surface area contributed by atoms with Gasteiger partial charge in [-0.3, -0.25) is 0 Å². The van der Waals surface area contributed by atoms with Crippen molar-refractivity contribution < 1.29 is 14.4 Å². The number of hydrogen-bond acceptors (Lipinski definition) is 5. The maximum Gasteiger partial charge on any atom is 0.406 e. The molecular weight excluding hydrogens is 224 g/mol. The number of nitrogens with zero attached hydrogens (tertiary/aromatic N) is 2. The Morgan fingerprint density at radius 1 is 1.60 bits per heavy atom. The van der Waals surface area contributed by atoms with Gasteiger partial charge >= 0.3 is 5.82 Å². The standard InChI is InChI=1S/C8H9ClN2O4/c1-14-2-3-15-7-4-6(9)5-10-8(7)11(12)13/h4-5H,2-3H2,1H3. The molecule has 6 nitrogen and oxygen atoms in total. The van der Waals surface area contributed by atoms with E-state index in [4.69, 9.17) is 21.1 Å². The molecule has 0 aromatic carbocycles. The quantitative estimate of drug-likeness (QED) is 0.439. The average Bonchev–Trinajstić information content (AvgIpc) is 2.18. The molecule has 0 atom stereocenters. The van der Waals surface area contributed by atoms with E-state index in [9.17, 15) is 10.1 Å². The lowest BCUT2D eigenvalue weighted by Crippen LogP contribution is -2.06. The maximum absolute atomic E-state index is 10.6. The summed E-state index contributed by atoms with van der Waals surface area (Å²) >= 11 is 5.64. The Morgan fingerprint density at radius 2 is 2.33 bits per heavy atom. The highest BCUT2D eigenvalue weighted by Gasteiger charge is 2.17. The van der Waals surface area contributed by atoms with Crippen LogP contribution in [-0.4, -0.2) is 30.2 Å². The van der Waals surface area contributed by atoms with Crippen LogP contribution < -0.4 is 4.74 Å². The Labute approximate surface area is 90.9 Å². The van der Waals surface area contributed by atoms with E-state index in [1.54, 1.807) is 0 Å². The summed E-state index contributed by atoms with van der Waals surface area (Å²) in [5, 5.41) is 10.8. The second-order valence-corrected chi connectivity index (χ2v) is 3.01. The van der Waals surface area contributed by atoms with Crippen molar-refractivity contribution in [1.82, 2.24) is 4.98 Å². The van der Waals surface area contributed by atoms with Gasteiger partial charge in [-0.25, -0.2) is 0 Å². The van der Waals surface area contributed by atoms with Crippen molar-refractivity contribution in [3.63, 3.8) is 0 Å². The van der Waals surface area contributed by atoms with Gasteiger partial charge in [-0.05, 0) is 9.91 Å². The zero-order chi connectivity index (χ0) is 11.3. The lowest BCUT2D eigenvalue weighted by Gasteiger charge is -2.05. The molecule has 0 aliphatic carbocycles. The predicted molar refractivity (Wildman–Crippen MR) is 53.3 cm³/mol. The molecule has 1 aromatic rings. The summed E-state index contributed by atoms with van der Waals surface area (Å²) in [6, 6.07) is 1.35. The lowest BCUT2D eigenvalue weighted by molar-refractivity contribution is -0.390. The number of methoxy groups -OCH3 is 1. The van der Waals surface area contributed by atoms with Crippen molar-refractivity contribution in [2.24, 2.45) is 0 Å². The minimum atomic E-state index is -0.627. The molecule has 0 spiro atoms. The van der Waals surface area contributed by atoms with Crippen LogP contribution in [0.1, 0.15) is 0 Å². The molecule has 1 heterocycles. The fourth-order valence-corrected chi connectivity index (χ4v) is 1.04. The van der Waals surface area contributed by atoms with E-state index < -0.39 is 4.92 Å². The number of ether oxygens (including phenoxy) is 2. The fraction of sp³-hybridized carbons (Fsp3) is 0.375. The molecule has 1 rings (SSSR count). The smallest absolute Gasteiger partial charge is 0.406 e. The Kier molecular flexibility index (Phi) is 4.26. The third kappa shape index (κ3) is 3.34. The van der Waals surface area contributed by atoms with E-state index in [2.05, 4.69) is 4.98 Å². The number of aromatic nitrogens is 1. The van der Waals surface area contributed by atoms with E-state index >= 15 is 0 Å². The van der Waals surface area contributed by atoms with Gasteiger partial charge in [0.2, 0.25) is 5.75 Å². The molecule has 0 radical (unpaired) electrons. The number of hydrogen-bond donors (Lipinski definition) is 0. The van der Waals surface area contributed by atoms with E-state index in [0.717, 1.165) is 0 Å². The second kappa shape index (κ2) is 5.47. The Morgan fingerprint density at radius 3 is 2.93 bits per heavy atom. The van der Waals surface area contributed by atoms with Gasteiger partial charge in [-0.1, -0.05) is 11.6 Å². The minimum Gasteiger partial charge on any atom is -0.483 e. The molecular formula is C8H9ClN2O4. The van der Waals surface area contributed by atoms with Gasteiger partial charge in [0.15, 0.2) is 6.20 Å². The molecule has 0 fully saturated rings. The first-order valence-electron chi connectivity index (χ1n) is 4.07. The monoisotopic (exact) mass is 232 g/mol. The van der Waals surface area contributed by atoms with Gasteiger partial charge < -0.3 is 19.6 Å². The topological polar surface area (TPSA) is 74.5 Å². The summed E-state index contributed by atoms with van der Waals surface area (Å²) in [7, 11) is 1.51. The van der Waals surface area contributed by atoms with Crippen molar-refractivity contribution in [2.45, 2.75) is 0 Å². The zero-order valence-corrected chi connectivity index (χ0v) is 8.73. The number of halogens is 1. The molecule has 15 heavy (non-hydrogen) atoms. The number of rotatable bonds is 5. The fourth-order valence-electron chi connectivity index (χ4n) is 0.892. The Balaban J connectivity index is 2.82. The molecule has 7 heteroatoms. The van der Waals surface area contributed by atoms with Crippen molar-refractivity contribution in [1.29, 1.82) is 0 Å². The molecule has 0 unspecified atom stereocenters. The van der Waals surface area contributed by atoms with Crippen molar-refractivity contribution in [2.75, 3.05) is 20.3 Å². The van der Waals surface area contributed by atoms with Gasteiger partial charge in [0.1, 0.15) is 6.61 Å². The van der Waals surface area contributed by atoms with Crippen LogP contribution in [0.15, 0.2) is 12.3 Å². The minimum absolute atomic E-state index is 0.0459. The van der Waals surface area contributed by atoms with Crippen LogP contribution in [0.3, 0.4) is 0 Å². The van der Waals surface area contributed by atoms with Gasteiger partial charge in [-0.15, -0.1) is 0 Å². The van der Waals surface area contributed by atoms with Crippen molar-refractivity contribution >= 4 is 17.4 Å². The Hall–Kier alpha value is -1.40. The van der Waals surface area contributed by atoms with E-state index in [-0.39, 0.29) is 23.2 Å². The average molecular weight is 233 g/mol. The predicted octanol–water partition coefficient (Wildman–Crippen LogP) is 1.67. The van der Waals surface area contributed by atoms with Crippen LogP contribution in [0, 0.1) is 10.1 Å². The maximum atomic E-state index is 10.6. The van der Waals surface area contributed by atoms with Crippen LogP contribution in [0.2, 0.25) is 5.02 Å². The first-order valence-corrected chi connectivity index (χ1v) is 4.44. The third-order valence-corrected chi connectivity index (χ3v) is 1.72. The normalized spacial score (nSPS) is 10.0. The highest BCUT2D eigenvalue weighted by atomic mass is 35.5. The summed E-state index contributed by atoms with van der Waals surface area (Å²) in [6.07, 6.45) is 1.20. The van der Waals surface area contributed by atoms with Gasteiger partial charge in [-0.2, -0.15) is 0 Å². The van der Waals surface area contributed by atoms with Crippen molar-refractivity contribution in [3.8, 4) is 5.75 Å². The van der Waals surface area contributed by atoms with Crippen LogP contribution in [0.5, 0.6) is 5.75 Å². The first-order chi connectivity index (χ1) is 7.15. The van der Waals surface area contributed by atoms with E-state index in [0.29, 0.717) is 6.61 Å². The zero-order valence-electron chi connectivity index (χ0n) is 7.97. The number of nitro groups is 1. The van der Waals surface area contributed by atoms with E-state index in [1.165, 1.54) is 19.4 Å². The molecule has 82 valence electrons. The lowest BCUT2D eigenvalue weighted by atomic mass is 10.4. The summed E-state index contributed by atoms with van der Waals surface area (Å²) in [5.74, 6) is -0.306. The van der Waals surface area contributed by atoms with Crippen molar-refractivity contribution in [3.05, 3.63) is 27.4 Å². The second-order valence-electron chi connectivity index (χ2n) is 2.57. The SMILES string of the molecule is COCCOc1cc(Cl)cnc1[N+](=O)[O-]. The highest BCUT2D eigenvalue weighted by Crippen LogP contribution is 2.26. The summed E-state index contributed by atoms with van der Waals surface area (Å²) in [6.45, 7) is 0.545. The summed E-state index contributed by atoms with van der Waals surface area (Å²) < 4.78 is 9.85. The van der Waals surface area contributed by atoms with Crippen LogP contribution in [-0.2, 0) is 4.74 Å². The van der Waals surface area contributed by atoms with Crippen LogP contribution >= 0.6 is 11.6 Å². The highest BCUT2D eigenvalue weighted by molar-refractivity contribution is 6.30. The van der Waals surface area contributed by atoms with Gasteiger partial charge in [0.25, 0.3) is 0 Å². The van der Waals surface area contributed by atoms with Crippen LogP contribution in [0.4, 0.5) is 5.82 Å². The summed E-state index contributed by atoms with van der Waals surface area (Å²) in [5.41, 5.74) is 0. The molecule has 0 aliphatic rings. The largest absolute Gasteiger partial charge is 0.483 e. The molecule has 0 saturated heterocycles.